The van der Waals surface area contributed by atoms with E-state index in [1.165, 1.54) is 24.3 Å². The number of rotatable bonds is 2. The van der Waals surface area contributed by atoms with E-state index in [0.29, 0.717) is 11.1 Å². The molecule has 0 bridgehead atoms. The van der Waals surface area contributed by atoms with E-state index in [2.05, 4.69) is 0 Å². The van der Waals surface area contributed by atoms with Crippen LogP contribution in [0.15, 0.2) is 36.4 Å². The number of carbonyl (C=O) groups excluding carboxylic acids is 1. The van der Waals surface area contributed by atoms with E-state index in [1.807, 2.05) is 0 Å². The lowest BCUT2D eigenvalue weighted by Crippen LogP contribution is -2.09. The quantitative estimate of drug-likeness (QED) is 0.669. The van der Waals surface area contributed by atoms with Crippen molar-refractivity contribution in [1.29, 1.82) is 0 Å². The normalized spacial score (nSPS) is 10.4. The average molecular weight is 268 g/mol. The van der Waals surface area contributed by atoms with Crippen LogP contribution in [0.5, 0.6) is 0 Å². The fourth-order valence-corrected chi connectivity index (χ4v) is 1.70. The lowest BCUT2D eigenvalue weighted by Gasteiger charge is -2.06. The minimum atomic E-state index is -0.979. The van der Waals surface area contributed by atoms with Gasteiger partial charge in [-0.1, -0.05) is 11.6 Å². The number of anilines is 1. The van der Waals surface area contributed by atoms with Gasteiger partial charge in [0.25, 0.3) is 0 Å². The summed E-state index contributed by atoms with van der Waals surface area (Å²) in [6.45, 7) is 0. The zero-order chi connectivity index (χ0) is 13.3. The summed E-state index contributed by atoms with van der Waals surface area (Å²) in [5.41, 5.74) is 5.13. The van der Waals surface area contributed by atoms with Crippen LogP contribution in [0.25, 0.3) is 0 Å². The zero-order valence-electron chi connectivity index (χ0n) is 9.08. The van der Waals surface area contributed by atoms with Gasteiger partial charge in [0.15, 0.2) is 5.78 Å². The lowest BCUT2D eigenvalue weighted by molar-refractivity contribution is 0.103. The van der Waals surface area contributed by atoms with Gasteiger partial charge in [0, 0.05) is 22.3 Å². The second kappa shape index (κ2) is 4.74. The van der Waals surface area contributed by atoms with Crippen LogP contribution >= 0.6 is 11.6 Å². The highest BCUT2D eigenvalue weighted by Crippen LogP contribution is 2.22. The standard InChI is InChI=1S/C13H8ClF2NO/c14-8-3-1-7(2-4-8)13(18)12-10(16)5-9(15)6-11(12)17/h1-6H,17H2. The van der Waals surface area contributed by atoms with Crippen molar-refractivity contribution in [2.45, 2.75) is 0 Å². The van der Waals surface area contributed by atoms with Gasteiger partial charge in [0.2, 0.25) is 0 Å². The topological polar surface area (TPSA) is 43.1 Å². The molecule has 0 saturated heterocycles. The van der Waals surface area contributed by atoms with Gasteiger partial charge in [0.1, 0.15) is 11.6 Å². The van der Waals surface area contributed by atoms with Crippen molar-refractivity contribution in [3.8, 4) is 0 Å². The number of benzene rings is 2. The third-order valence-corrected chi connectivity index (χ3v) is 2.67. The first-order valence-corrected chi connectivity index (χ1v) is 5.41. The number of nitrogen functional groups attached to an aromatic ring is 1. The molecule has 2 rings (SSSR count). The van der Waals surface area contributed by atoms with Crippen LogP contribution in [0.1, 0.15) is 15.9 Å². The first-order chi connectivity index (χ1) is 8.49. The largest absolute Gasteiger partial charge is 0.398 e. The molecule has 0 saturated carbocycles. The van der Waals surface area contributed by atoms with Crippen LogP contribution in [0, 0.1) is 11.6 Å². The maximum Gasteiger partial charge on any atom is 0.198 e. The Morgan fingerprint density at radius 1 is 1.11 bits per heavy atom. The van der Waals surface area contributed by atoms with Crippen LogP contribution in [-0.2, 0) is 0 Å². The minimum Gasteiger partial charge on any atom is -0.398 e. The predicted octanol–water partition coefficient (Wildman–Crippen LogP) is 3.43. The molecule has 0 aliphatic rings. The van der Waals surface area contributed by atoms with Crippen molar-refractivity contribution in [3.05, 3.63) is 64.2 Å². The molecule has 0 heterocycles. The molecular weight excluding hydrogens is 260 g/mol. The molecule has 2 nitrogen and oxygen atoms in total. The number of hydrogen-bond acceptors (Lipinski definition) is 2. The first-order valence-electron chi connectivity index (χ1n) is 5.04. The van der Waals surface area contributed by atoms with Crippen molar-refractivity contribution in [3.63, 3.8) is 0 Å². The summed E-state index contributed by atoms with van der Waals surface area (Å²) in [7, 11) is 0. The molecule has 0 amide bonds. The van der Waals surface area contributed by atoms with Gasteiger partial charge in [0.05, 0.1) is 5.56 Å². The highest BCUT2D eigenvalue weighted by atomic mass is 35.5. The molecule has 2 N–H and O–H groups in total. The molecule has 2 aromatic carbocycles. The highest BCUT2D eigenvalue weighted by Gasteiger charge is 2.18. The van der Waals surface area contributed by atoms with Gasteiger partial charge in [-0.15, -0.1) is 0 Å². The number of ketones is 1. The van der Waals surface area contributed by atoms with E-state index in [9.17, 15) is 13.6 Å². The van der Waals surface area contributed by atoms with Gasteiger partial charge in [-0.2, -0.15) is 0 Å². The van der Waals surface area contributed by atoms with Crippen molar-refractivity contribution >= 4 is 23.1 Å². The van der Waals surface area contributed by atoms with Crippen molar-refractivity contribution in [2.75, 3.05) is 5.73 Å². The number of nitrogens with two attached hydrogens (primary N) is 1. The molecule has 0 unspecified atom stereocenters. The van der Waals surface area contributed by atoms with Gasteiger partial charge >= 0.3 is 0 Å². The van der Waals surface area contributed by atoms with Crippen LogP contribution < -0.4 is 5.73 Å². The minimum absolute atomic E-state index is 0.229. The van der Waals surface area contributed by atoms with E-state index in [1.54, 1.807) is 0 Å². The average Bonchev–Trinajstić information content (AvgIpc) is 2.28. The van der Waals surface area contributed by atoms with E-state index in [4.69, 9.17) is 17.3 Å². The zero-order valence-corrected chi connectivity index (χ0v) is 9.84. The summed E-state index contributed by atoms with van der Waals surface area (Å²) >= 11 is 5.69. The highest BCUT2D eigenvalue weighted by molar-refractivity contribution is 6.30. The number of carbonyl (C=O) groups is 1. The Morgan fingerprint density at radius 2 is 1.72 bits per heavy atom. The van der Waals surface area contributed by atoms with Gasteiger partial charge in [-0.05, 0) is 30.3 Å². The Morgan fingerprint density at radius 3 is 2.28 bits per heavy atom. The van der Waals surface area contributed by atoms with Gasteiger partial charge in [-0.3, -0.25) is 4.79 Å². The van der Waals surface area contributed by atoms with Crippen LogP contribution in [0.3, 0.4) is 0 Å². The van der Waals surface area contributed by atoms with E-state index in [-0.39, 0.29) is 16.8 Å². The Bertz CT molecular complexity index is 588. The molecule has 5 heteroatoms. The molecular formula is C13H8ClF2NO. The summed E-state index contributed by atoms with van der Waals surface area (Å²) in [4.78, 5) is 12.0. The monoisotopic (exact) mass is 267 g/mol. The number of halogens is 3. The molecule has 2 aromatic rings. The van der Waals surface area contributed by atoms with Gasteiger partial charge in [-0.25, -0.2) is 8.78 Å². The predicted molar refractivity (Wildman–Crippen MR) is 65.7 cm³/mol. The van der Waals surface area contributed by atoms with Gasteiger partial charge < -0.3 is 5.73 Å². The van der Waals surface area contributed by atoms with Crippen LogP contribution in [0.2, 0.25) is 5.02 Å². The maximum atomic E-state index is 13.6. The third-order valence-electron chi connectivity index (χ3n) is 2.42. The molecule has 0 spiro atoms. The molecule has 0 aliphatic carbocycles. The second-order valence-corrected chi connectivity index (χ2v) is 4.12. The summed E-state index contributed by atoms with van der Waals surface area (Å²) in [5, 5.41) is 0.458. The van der Waals surface area contributed by atoms with E-state index < -0.39 is 17.4 Å². The Balaban J connectivity index is 2.49. The van der Waals surface area contributed by atoms with Crippen LogP contribution in [-0.4, -0.2) is 5.78 Å². The van der Waals surface area contributed by atoms with Crippen LogP contribution in [0.4, 0.5) is 14.5 Å². The summed E-state index contributed by atoms with van der Waals surface area (Å²) in [6.07, 6.45) is 0. The molecule has 92 valence electrons. The smallest absolute Gasteiger partial charge is 0.198 e. The Labute approximate surface area is 107 Å². The third kappa shape index (κ3) is 2.33. The Kier molecular flexibility index (Phi) is 3.30. The Hall–Kier alpha value is -1.94. The molecule has 0 aromatic heterocycles. The second-order valence-electron chi connectivity index (χ2n) is 3.69. The molecule has 0 radical (unpaired) electrons. The SMILES string of the molecule is Nc1cc(F)cc(F)c1C(=O)c1ccc(Cl)cc1. The first kappa shape index (κ1) is 12.5. The van der Waals surface area contributed by atoms with Crippen molar-refractivity contribution in [1.82, 2.24) is 0 Å². The summed E-state index contributed by atoms with van der Waals surface area (Å²) in [5.74, 6) is -2.41. The van der Waals surface area contributed by atoms with E-state index in [0.717, 1.165) is 6.07 Å². The molecule has 18 heavy (non-hydrogen) atoms. The van der Waals surface area contributed by atoms with Crippen molar-refractivity contribution in [2.24, 2.45) is 0 Å². The number of hydrogen-bond donors (Lipinski definition) is 1. The summed E-state index contributed by atoms with van der Waals surface area (Å²) in [6, 6.07) is 7.45. The van der Waals surface area contributed by atoms with E-state index >= 15 is 0 Å². The fraction of sp³-hybridized carbons (Fsp3) is 0. The lowest BCUT2D eigenvalue weighted by atomic mass is 10.0. The maximum absolute atomic E-state index is 13.6. The fourth-order valence-electron chi connectivity index (χ4n) is 1.58. The molecule has 0 fully saturated rings. The molecule has 0 aliphatic heterocycles. The summed E-state index contributed by atoms with van der Waals surface area (Å²) < 4.78 is 26.4. The van der Waals surface area contributed by atoms with Crippen molar-refractivity contribution < 1.29 is 13.6 Å². The molecule has 0 atom stereocenters.